The van der Waals surface area contributed by atoms with E-state index < -0.39 is 0 Å². The number of rotatable bonds is 5. The Balaban J connectivity index is 1.69. The molecule has 3 nitrogen and oxygen atoms in total. The first-order valence-electron chi connectivity index (χ1n) is 8.02. The molecule has 0 aromatic carbocycles. The Labute approximate surface area is 131 Å². The molecule has 0 radical (unpaired) electrons. The highest BCUT2D eigenvalue weighted by molar-refractivity contribution is 7.08. The van der Waals surface area contributed by atoms with Crippen LogP contribution < -0.4 is 5.32 Å². The van der Waals surface area contributed by atoms with Gasteiger partial charge >= 0.3 is 0 Å². The van der Waals surface area contributed by atoms with E-state index in [9.17, 15) is 0 Å². The summed E-state index contributed by atoms with van der Waals surface area (Å²) in [5.74, 6) is 0. The molecule has 0 saturated heterocycles. The maximum atomic E-state index is 4.84. The van der Waals surface area contributed by atoms with Crippen molar-refractivity contribution < 1.29 is 0 Å². The fraction of sp³-hybridized carbons (Fsp3) is 0.588. The van der Waals surface area contributed by atoms with Gasteiger partial charge in [0.05, 0.1) is 11.7 Å². The molecule has 0 aliphatic heterocycles. The van der Waals surface area contributed by atoms with E-state index in [1.54, 1.807) is 11.3 Å². The number of aryl methyl sites for hydroxylation is 1. The smallest absolute Gasteiger partial charge is 0.0643 e. The highest BCUT2D eigenvalue weighted by atomic mass is 32.1. The van der Waals surface area contributed by atoms with E-state index in [2.05, 4.69) is 39.9 Å². The Morgan fingerprint density at radius 2 is 2.14 bits per heavy atom. The largest absolute Gasteiger partial charge is 0.313 e. The van der Waals surface area contributed by atoms with Crippen LogP contribution in [0.4, 0.5) is 0 Å². The van der Waals surface area contributed by atoms with Crippen molar-refractivity contribution in [1.29, 1.82) is 0 Å². The number of thiophene rings is 1. The molecule has 0 amide bonds. The molecule has 0 bridgehead atoms. The van der Waals surface area contributed by atoms with Gasteiger partial charge in [-0.1, -0.05) is 19.3 Å². The summed E-state index contributed by atoms with van der Waals surface area (Å²) in [7, 11) is 2.04. The van der Waals surface area contributed by atoms with E-state index in [1.807, 2.05) is 7.05 Å². The first-order chi connectivity index (χ1) is 10.3. The summed E-state index contributed by atoms with van der Waals surface area (Å²) in [5.41, 5.74) is 3.99. The van der Waals surface area contributed by atoms with Crippen LogP contribution >= 0.6 is 11.3 Å². The molecular formula is C17H25N3S. The number of nitrogens with zero attached hydrogens (tertiary/aromatic N) is 2. The molecule has 1 saturated carbocycles. The van der Waals surface area contributed by atoms with Crippen LogP contribution in [0.2, 0.25) is 0 Å². The van der Waals surface area contributed by atoms with Crippen LogP contribution in [0.5, 0.6) is 0 Å². The number of hydrogen-bond donors (Lipinski definition) is 1. The van der Waals surface area contributed by atoms with Crippen LogP contribution in [-0.4, -0.2) is 16.8 Å². The van der Waals surface area contributed by atoms with Crippen LogP contribution in [-0.2, 0) is 6.42 Å². The van der Waals surface area contributed by atoms with E-state index in [0.717, 1.165) is 6.42 Å². The second-order valence-corrected chi connectivity index (χ2v) is 6.88. The van der Waals surface area contributed by atoms with Gasteiger partial charge in [-0.3, -0.25) is 4.68 Å². The lowest BCUT2D eigenvalue weighted by Gasteiger charge is -2.22. The zero-order valence-corrected chi connectivity index (χ0v) is 13.8. The van der Waals surface area contributed by atoms with Crippen LogP contribution in [0, 0.1) is 6.92 Å². The fourth-order valence-corrected chi connectivity index (χ4v) is 4.24. The average Bonchev–Trinajstić information content (AvgIpc) is 3.15. The normalized spacial score (nSPS) is 18.0. The van der Waals surface area contributed by atoms with Crippen molar-refractivity contribution >= 4 is 11.3 Å². The van der Waals surface area contributed by atoms with Crippen LogP contribution in [0.3, 0.4) is 0 Å². The Hall–Kier alpha value is -1.13. The topological polar surface area (TPSA) is 29.9 Å². The van der Waals surface area contributed by atoms with Gasteiger partial charge < -0.3 is 5.32 Å². The molecule has 4 heteroatoms. The number of nitrogens with one attached hydrogen (secondary N) is 1. The Bertz CT molecular complexity index is 566. The van der Waals surface area contributed by atoms with E-state index in [4.69, 9.17) is 5.10 Å². The zero-order chi connectivity index (χ0) is 14.7. The molecule has 2 heterocycles. The molecule has 1 atom stereocenters. The lowest BCUT2D eigenvalue weighted by molar-refractivity contribution is 0.327. The molecule has 1 N–H and O–H groups in total. The summed E-state index contributed by atoms with van der Waals surface area (Å²) in [6, 6.07) is 3.19. The van der Waals surface area contributed by atoms with Crippen molar-refractivity contribution in [1.82, 2.24) is 15.1 Å². The summed E-state index contributed by atoms with van der Waals surface area (Å²) in [5, 5.41) is 12.8. The third-order valence-electron chi connectivity index (χ3n) is 4.64. The molecule has 2 aromatic rings. The number of aromatic nitrogens is 2. The van der Waals surface area contributed by atoms with Gasteiger partial charge in [0.15, 0.2) is 0 Å². The molecule has 0 spiro atoms. The van der Waals surface area contributed by atoms with Crippen LogP contribution in [0.25, 0.3) is 0 Å². The molecule has 2 aromatic heterocycles. The summed E-state index contributed by atoms with van der Waals surface area (Å²) in [4.78, 5) is 0. The molecule has 3 rings (SSSR count). The Kier molecular flexibility index (Phi) is 4.76. The zero-order valence-electron chi connectivity index (χ0n) is 13.0. The quantitative estimate of drug-likeness (QED) is 0.894. The minimum atomic E-state index is 0.367. The molecule has 114 valence electrons. The van der Waals surface area contributed by atoms with Gasteiger partial charge in [-0.05, 0) is 54.8 Å². The van der Waals surface area contributed by atoms with Gasteiger partial charge in [-0.2, -0.15) is 16.4 Å². The maximum absolute atomic E-state index is 4.84. The van der Waals surface area contributed by atoms with Gasteiger partial charge in [0.25, 0.3) is 0 Å². The van der Waals surface area contributed by atoms with Crippen LogP contribution in [0.15, 0.2) is 23.0 Å². The summed E-state index contributed by atoms with van der Waals surface area (Å²) in [6.07, 6.45) is 9.83. The predicted octanol–water partition coefficient (Wildman–Crippen LogP) is 4.26. The van der Waals surface area contributed by atoms with Crippen molar-refractivity contribution in [2.24, 2.45) is 0 Å². The first kappa shape index (κ1) is 14.8. The van der Waals surface area contributed by atoms with Gasteiger partial charge in [0, 0.05) is 18.7 Å². The van der Waals surface area contributed by atoms with Gasteiger partial charge in [-0.25, -0.2) is 0 Å². The average molecular weight is 303 g/mol. The highest BCUT2D eigenvalue weighted by Gasteiger charge is 2.18. The minimum Gasteiger partial charge on any atom is -0.313 e. The SMILES string of the molecule is CNC(Cc1ccn(C2CCCCC2)n1)c1cscc1C. The summed E-state index contributed by atoms with van der Waals surface area (Å²) in [6.45, 7) is 2.19. The van der Waals surface area contributed by atoms with E-state index >= 15 is 0 Å². The van der Waals surface area contributed by atoms with E-state index in [-0.39, 0.29) is 0 Å². The monoisotopic (exact) mass is 303 g/mol. The van der Waals surface area contributed by atoms with Crippen molar-refractivity contribution in [3.05, 3.63) is 39.8 Å². The molecule has 1 aliphatic carbocycles. The van der Waals surface area contributed by atoms with Crippen molar-refractivity contribution in [3.63, 3.8) is 0 Å². The second kappa shape index (κ2) is 6.75. The number of likely N-dealkylation sites (N-methyl/N-ethyl adjacent to an activating group) is 1. The summed E-state index contributed by atoms with van der Waals surface area (Å²) < 4.78 is 2.21. The van der Waals surface area contributed by atoms with Gasteiger partial charge in [-0.15, -0.1) is 0 Å². The van der Waals surface area contributed by atoms with Gasteiger partial charge in [0.1, 0.15) is 0 Å². The first-order valence-corrected chi connectivity index (χ1v) is 8.96. The molecule has 1 aliphatic rings. The molecule has 21 heavy (non-hydrogen) atoms. The Morgan fingerprint density at radius 1 is 1.33 bits per heavy atom. The summed E-state index contributed by atoms with van der Waals surface area (Å²) >= 11 is 1.78. The highest BCUT2D eigenvalue weighted by Crippen LogP contribution is 2.28. The fourth-order valence-electron chi connectivity index (χ4n) is 3.34. The second-order valence-electron chi connectivity index (χ2n) is 6.13. The molecule has 1 unspecified atom stereocenters. The number of hydrogen-bond acceptors (Lipinski definition) is 3. The predicted molar refractivity (Wildman–Crippen MR) is 88.9 cm³/mol. The minimum absolute atomic E-state index is 0.367. The van der Waals surface area contributed by atoms with Crippen molar-refractivity contribution in [2.45, 2.75) is 57.5 Å². The third-order valence-corrected chi connectivity index (χ3v) is 5.52. The lowest BCUT2D eigenvalue weighted by Crippen LogP contribution is -2.20. The van der Waals surface area contributed by atoms with Crippen LogP contribution in [0.1, 0.15) is 61.0 Å². The molecular weight excluding hydrogens is 278 g/mol. The maximum Gasteiger partial charge on any atom is 0.0643 e. The molecule has 1 fully saturated rings. The third kappa shape index (κ3) is 3.38. The van der Waals surface area contributed by atoms with Gasteiger partial charge in [0.2, 0.25) is 0 Å². The van der Waals surface area contributed by atoms with E-state index in [0.29, 0.717) is 12.1 Å². The van der Waals surface area contributed by atoms with Crippen molar-refractivity contribution in [2.75, 3.05) is 7.05 Å². The standard InChI is InChI=1S/C17H25N3S/c1-13-11-21-12-16(13)17(18-2)10-14-8-9-20(19-14)15-6-4-3-5-7-15/h8-9,11-12,15,17-18H,3-7,10H2,1-2H3. The van der Waals surface area contributed by atoms with E-state index in [1.165, 1.54) is 48.9 Å². The lowest BCUT2D eigenvalue weighted by atomic mass is 9.96. The Morgan fingerprint density at radius 3 is 2.81 bits per heavy atom. The van der Waals surface area contributed by atoms with Crippen molar-refractivity contribution in [3.8, 4) is 0 Å².